The third kappa shape index (κ3) is 2.84. The van der Waals surface area contributed by atoms with Crippen molar-refractivity contribution in [3.05, 3.63) is 64.7 Å². The molecule has 0 spiro atoms. The summed E-state index contributed by atoms with van der Waals surface area (Å²) in [5, 5.41) is 0.730. The van der Waals surface area contributed by atoms with Crippen LogP contribution < -0.4 is 10.6 Å². The molecule has 2 nitrogen and oxygen atoms in total. The molecule has 94 valence electrons. The lowest BCUT2D eigenvalue weighted by Crippen LogP contribution is -2.13. The lowest BCUT2D eigenvalue weighted by Gasteiger charge is -2.16. The zero-order chi connectivity index (χ0) is 13.1. The normalized spacial score (nSPS) is 12.2. The Kier molecular flexibility index (Phi) is 3.90. The monoisotopic (exact) mass is 260 g/mol. The van der Waals surface area contributed by atoms with Crippen molar-refractivity contribution in [2.45, 2.75) is 6.04 Å². The fourth-order valence-electron chi connectivity index (χ4n) is 1.84. The molecule has 1 atom stereocenters. The standard InChI is InChI=1S/C15H17ClN2/c1-18(2)14-9-5-12(6-10-14)15(17)11-3-7-13(16)8-4-11/h3-10,15H,17H2,1-2H3. The van der Waals surface area contributed by atoms with Crippen LogP contribution in [0.5, 0.6) is 0 Å². The van der Waals surface area contributed by atoms with E-state index in [0.717, 1.165) is 16.1 Å². The van der Waals surface area contributed by atoms with Crippen molar-refractivity contribution >= 4 is 17.3 Å². The Bertz CT molecular complexity index is 503. The van der Waals surface area contributed by atoms with Crippen molar-refractivity contribution < 1.29 is 0 Å². The van der Waals surface area contributed by atoms with Crippen molar-refractivity contribution in [1.82, 2.24) is 0 Å². The maximum absolute atomic E-state index is 6.24. The van der Waals surface area contributed by atoms with Gasteiger partial charge in [0.2, 0.25) is 0 Å². The Labute approximate surface area is 113 Å². The third-order valence-corrected chi connectivity index (χ3v) is 3.25. The van der Waals surface area contributed by atoms with E-state index in [1.54, 1.807) is 0 Å². The van der Waals surface area contributed by atoms with E-state index in [1.807, 2.05) is 38.4 Å². The molecule has 2 aromatic carbocycles. The lowest BCUT2D eigenvalue weighted by molar-refractivity contribution is 0.871. The molecule has 0 saturated heterocycles. The van der Waals surface area contributed by atoms with Gasteiger partial charge in [0.1, 0.15) is 0 Å². The Morgan fingerprint density at radius 2 is 1.33 bits per heavy atom. The van der Waals surface area contributed by atoms with Crippen LogP contribution in [0.4, 0.5) is 5.69 Å². The topological polar surface area (TPSA) is 29.3 Å². The predicted octanol–water partition coefficient (Wildman–Crippen LogP) is 3.45. The van der Waals surface area contributed by atoms with E-state index >= 15 is 0 Å². The van der Waals surface area contributed by atoms with Gasteiger partial charge in [0.15, 0.2) is 0 Å². The summed E-state index contributed by atoms with van der Waals surface area (Å²) >= 11 is 5.87. The van der Waals surface area contributed by atoms with Crippen LogP contribution >= 0.6 is 11.6 Å². The van der Waals surface area contributed by atoms with E-state index in [1.165, 1.54) is 5.69 Å². The van der Waals surface area contributed by atoms with E-state index in [0.29, 0.717) is 0 Å². The number of nitrogens with zero attached hydrogens (tertiary/aromatic N) is 1. The summed E-state index contributed by atoms with van der Waals surface area (Å²) in [6, 6.07) is 15.8. The molecule has 0 fully saturated rings. The summed E-state index contributed by atoms with van der Waals surface area (Å²) in [6.45, 7) is 0. The zero-order valence-electron chi connectivity index (χ0n) is 10.6. The molecule has 0 aromatic heterocycles. The van der Waals surface area contributed by atoms with Gasteiger partial charge in [0, 0.05) is 24.8 Å². The largest absolute Gasteiger partial charge is 0.378 e. The van der Waals surface area contributed by atoms with E-state index in [2.05, 4.69) is 29.2 Å². The van der Waals surface area contributed by atoms with Crippen molar-refractivity contribution in [3.8, 4) is 0 Å². The predicted molar refractivity (Wildman–Crippen MR) is 78.3 cm³/mol. The van der Waals surface area contributed by atoms with Gasteiger partial charge in [-0.25, -0.2) is 0 Å². The smallest absolute Gasteiger partial charge is 0.0551 e. The first-order chi connectivity index (χ1) is 8.58. The molecule has 0 heterocycles. The van der Waals surface area contributed by atoms with Crippen LogP contribution in [-0.2, 0) is 0 Å². The summed E-state index contributed by atoms with van der Waals surface area (Å²) in [6.07, 6.45) is 0. The van der Waals surface area contributed by atoms with Crippen molar-refractivity contribution in [2.75, 3.05) is 19.0 Å². The minimum absolute atomic E-state index is 0.113. The van der Waals surface area contributed by atoms with Crippen LogP contribution in [0.2, 0.25) is 5.02 Å². The molecule has 2 rings (SSSR count). The number of benzene rings is 2. The SMILES string of the molecule is CN(C)c1ccc(C(N)c2ccc(Cl)cc2)cc1. The van der Waals surface area contributed by atoms with Crippen LogP contribution in [0.1, 0.15) is 17.2 Å². The Hall–Kier alpha value is -1.51. The average Bonchev–Trinajstić information content (AvgIpc) is 2.39. The molecule has 0 aliphatic heterocycles. The van der Waals surface area contributed by atoms with Crippen LogP contribution in [0, 0.1) is 0 Å². The van der Waals surface area contributed by atoms with Gasteiger partial charge in [0.05, 0.1) is 6.04 Å². The Balaban J connectivity index is 2.23. The van der Waals surface area contributed by atoms with Gasteiger partial charge in [-0.15, -0.1) is 0 Å². The highest BCUT2D eigenvalue weighted by Gasteiger charge is 2.08. The van der Waals surface area contributed by atoms with Crippen LogP contribution in [0.15, 0.2) is 48.5 Å². The molecule has 0 bridgehead atoms. The fourth-order valence-corrected chi connectivity index (χ4v) is 1.97. The first-order valence-electron chi connectivity index (χ1n) is 5.86. The second-order valence-electron chi connectivity index (χ2n) is 4.52. The van der Waals surface area contributed by atoms with Gasteiger partial charge >= 0.3 is 0 Å². The van der Waals surface area contributed by atoms with Crippen molar-refractivity contribution in [3.63, 3.8) is 0 Å². The molecule has 3 heteroatoms. The van der Waals surface area contributed by atoms with E-state index < -0.39 is 0 Å². The molecule has 0 aliphatic carbocycles. The maximum atomic E-state index is 6.24. The summed E-state index contributed by atoms with van der Waals surface area (Å²) in [4.78, 5) is 2.07. The van der Waals surface area contributed by atoms with Gasteiger partial charge < -0.3 is 10.6 Å². The second-order valence-corrected chi connectivity index (χ2v) is 4.95. The summed E-state index contributed by atoms with van der Waals surface area (Å²) in [5.74, 6) is 0. The summed E-state index contributed by atoms with van der Waals surface area (Å²) in [5.41, 5.74) is 9.57. The van der Waals surface area contributed by atoms with Crippen LogP contribution in [0.3, 0.4) is 0 Å². The van der Waals surface area contributed by atoms with Gasteiger partial charge in [0.25, 0.3) is 0 Å². The third-order valence-electron chi connectivity index (χ3n) is 3.00. The van der Waals surface area contributed by atoms with Crippen LogP contribution in [-0.4, -0.2) is 14.1 Å². The van der Waals surface area contributed by atoms with E-state index in [4.69, 9.17) is 17.3 Å². The molecular formula is C15H17ClN2. The highest BCUT2D eigenvalue weighted by Crippen LogP contribution is 2.23. The molecular weight excluding hydrogens is 244 g/mol. The maximum Gasteiger partial charge on any atom is 0.0551 e. The molecule has 2 aromatic rings. The average molecular weight is 261 g/mol. The Morgan fingerprint density at radius 3 is 1.78 bits per heavy atom. The van der Waals surface area contributed by atoms with Gasteiger partial charge in [-0.1, -0.05) is 35.9 Å². The number of hydrogen-bond donors (Lipinski definition) is 1. The number of halogens is 1. The Morgan fingerprint density at radius 1 is 0.889 bits per heavy atom. The van der Waals surface area contributed by atoms with Crippen molar-refractivity contribution in [1.29, 1.82) is 0 Å². The molecule has 0 saturated carbocycles. The molecule has 0 amide bonds. The van der Waals surface area contributed by atoms with Gasteiger partial charge in [-0.2, -0.15) is 0 Å². The van der Waals surface area contributed by atoms with Crippen molar-refractivity contribution in [2.24, 2.45) is 5.73 Å². The van der Waals surface area contributed by atoms with E-state index in [-0.39, 0.29) is 6.04 Å². The second kappa shape index (κ2) is 5.42. The lowest BCUT2D eigenvalue weighted by atomic mass is 9.99. The fraction of sp³-hybridized carbons (Fsp3) is 0.200. The number of hydrogen-bond acceptors (Lipinski definition) is 2. The summed E-state index contributed by atoms with van der Waals surface area (Å²) in [7, 11) is 4.04. The number of anilines is 1. The highest BCUT2D eigenvalue weighted by atomic mass is 35.5. The molecule has 1 unspecified atom stereocenters. The van der Waals surface area contributed by atoms with Gasteiger partial charge in [-0.3, -0.25) is 0 Å². The number of nitrogens with two attached hydrogens (primary N) is 1. The van der Waals surface area contributed by atoms with Crippen LogP contribution in [0.25, 0.3) is 0 Å². The molecule has 18 heavy (non-hydrogen) atoms. The summed E-state index contributed by atoms with van der Waals surface area (Å²) < 4.78 is 0. The molecule has 0 radical (unpaired) electrons. The zero-order valence-corrected chi connectivity index (χ0v) is 11.4. The first kappa shape index (κ1) is 12.9. The molecule has 2 N–H and O–H groups in total. The minimum Gasteiger partial charge on any atom is -0.378 e. The van der Waals surface area contributed by atoms with E-state index in [9.17, 15) is 0 Å². The quantitative estimate of drug-likeness (QED) is 0.916. The number of rotatable bonds is 3. The highest BCUT2D eigenvalue weighted by molar-refractivity contribution is 6.30. The first-order valence-corrected chi connectivity index (χ1v) is 6.24. The molecule has 0 aliphatic rings. The van der Waals surface area contributed by atoms with Gasteiger partial charge in [-0.05, 0) is 35.4 Å². The minimum atomic E-state index is -0.113.